The Kier molecular flexibility index (Phi) is 3.49. The molecule has 2 rings (SSSR count). The largest absolute Gasteiger partial charge is 0.330 e. The smallest absolute Gasteiger partial charge is 0.124 e. The summed E-state index contributed by atoms with van der Waals surface area (Å²) in [6, 6.07) is 4.54. The number of aromatic nitrogens is 3. The van der Waals surface area contributed by atoms with E-state index in [1.807, 2.05) is 6.20 Å². The maximum atomic E-state index is 12.9. The Morgan fingerprint density at radius 3 is 2.94 bits per heavy atom. The molecule has 16 heavy (non-hydrogen) atoms. The predicted molar refractivity (Wildman–Crippen MR) is 66.8 cm³/mol. The number of halogens is 2. The fourth-order valence-corrected chi connectivity index (χ4v) is 2.07. The van der Waals surface area contributed by atoms with Gasteiger partial charge in [-0.2, -0.15) is 0 Å². The molecule has 6 heteroatoms. The van der Waals surface area contributed by atoms with E-state index < -0.39 is 0 Å². The van der Waals surface area contributed by atoms with E-state index >= 15 is 0 Å². The maximum Gasteiger partial charge on any atom is 0.124 e. The van der Waals surface area contributed by atoms with Crippen LogP contribution in [0.2, 0.25) is 0 Å². The van der Waals surface area contributed by atoms with Crippen molar-refractivity contribution in [2.45, 2.75) is 6.42 Å². The van der Waals surface area contributed by atoms with Gasteiger partial charge in [-0.1, -0.05) is 5.21 Å². The molecular formula is C10H10FIN4. The van der Waals surface area contributed by atoms with E-state index in [1.54, 1.807) is 10.7 Å². The Balaban J connectivity index is 2.35. The van der Waals surface area contributed by atoms with Gasteiger partial charge in [0.05, 0.1) is 17.6 Å². The van der Waals surface area contributed by atoms with Crippen LogP contribution >= 0.6 is 22.6 Å². The van der Waals surface area contributed by atoms with Crippen molar-refractivity contribution in [2.24, 2.45) is 5.73 Å². The van der Waals surface area contributed by atoms with Gasteiger partial charge in [0, 0.05) is 9.99 Å². The standard InChI is InChI=1S/C10H10FIN4/c11-7-1-2-10(9(12)5-7)16-6-8(3-4-13)14-15-16/h1-2,5-6H,3-4,13H2. The van der Waals surface area contributed by atoms with Crippen LogP contribution < -0.4 is 5.73 Å². The Bertz CT molecular complexity index is 497. The second-order valence-electron chi connectivity index (χ2n) is 3.29. The molecule has 0 atom stereocenters. The lowest BCUT2D eigenvalue weighted by Gasteiger charge is -2.02. The summed E-state index contributed by atoms with van der Waals surface area (Å²) in [4.78, 5) is 0. The molecule has 84 valence electrons. The minimum atomic E-state index is -0.254. The van der Waals surface area contributed by atoms with E-state index in [1.165, 1.54) is 12.1 Å². The van der Waals surface area contributed by atoms with Gasteiger partial charge >= 0.3 is 0 Å². The molecule has 0 saturated heterocycles. The Morgan fingerprint density at radius 1 is 1.44 bits per heavy atom. The third-order valence-electron chi connectivity index (χ3n) is 2.10. The fourth-order valence-electron chi connectivity index (χ4n) is 1.35. The highest BCUT2D eigenvalue weighted by Crippen LogP contribution is 2.17. The van der Waals surface area contributed by atoms with Gasteiger partial charge in [0.25, 0.3) is 0 Å². The molecule has 0 aliphatic rings. The molecule has 0 aliphatic carbocycles. The van der Waals surface area contributed by atoms with E-state index in [-0.39, 0.29) is 5.82 Å². The van der Waals surface area contributed by atoms with Crippen LogP contribution in [0.25, 0.3) is 5.69 Å². The van der Waals surface area contributed by atoms with E-state index in [2.05, 4.69) is 32.9 Å². The van der Waals surface area contributed by atoms with E-state index in [4.69, 9.17) is 5.73 Å². The molecule has 0 radical (unpaired) electrons. The summed E-state index contributed by atoms with van der Waals surface area (Å²) >= 11 is 2.07. The van der Waals surface area contributed by atoms with Crippen molar-refractivity contribution in [2.75, 3.05) is 6.54 Å². The Morgan fingerprint density at radius 2 is 2.25 bits per heavy atom. The normalized spacial score (nSPS) is 10.7. The van der Waals surface area contributed by atoms with Crippen molar-refractivity contribution in [3.05, 3.63) is 39.5 Å². The number of nitrogens with two attached hydrogens (primary N) is 1. The molecular weight excluding hydrogens is 322 g/mol. The lowest BCUT2D eigenvalue weighted by molar-refractivity contribution is 0.625. The first-order valence-corrected chi connectivity index (χ1v) is 5.85. The van der Waals surface area contributed by atoms with Crippen LogP contribution in [0.5, 0.6) is 0 Å². The predicted octanol–water partition coefficient (Wildman–Crippen LogP) is 1.51. The second-order valence-corrected chi connectivity index (χ2v) is 4.45. The third-order valence-corrected chi connectivity index (χ3v) is 2.96. The summed E-state index contributed by atoms with van der Waals surface area (Å²) in [5.41, 5.74) is 7.08. The molecule has 1 aromatic heterocycles. The first-order chi connectivity index (χ1) is 7.70. The molecule has 0 fully saturated rings. The average Bonchev–Trinajstić information content (AvgIpc) is 2.67. The van der Waals surface area contributed by atoms with Gasteiger partial charge in [0.1, 0.15) is 5.82 Å². The zero-order valence-corrected chi connectivity index (χ0v) is 10.6. The quantitative estimate of drug-likeness (QED) is 0.867. The molecule has 0 bridgehead atoms. The van der Waals surface area contributed by atoms with Crippen molar-refractivity contribution in [3.63, 3.8) is 0 Å². The van der Waals surface area contributed by atoms with Gasteiger partial charge in [-0.15, -0.1) is 5.10 Å². The Labute approximate surface area is 106 Å². The van der Waals surface area contributed by atoms with Crippen LogP contribution in [0.15, 0.2) is 24.4 Å². The maximum absolute atomic E-state index is 12.9. The van der Waals surface area contributed by atoms with Gasteiger partial charge in [0.2, 0.25) is 0 Å². The molecule has 0 amide bonds. The van der Waals surface area contributed by atoms with Crippen LogP contribution in [0, 0.1) is 9.39 Å². The van der Waals surface area contributed by atoms with Gasteiger partial charge in [-0.05, 0) is 47.3 Å². The van der Waals surface area contributed by atoms with Crippen LogP contribution in [0.4, 0.5) is 4.39 Å². The van der Waals surface area contributed by atoms with E-state index in [0.29, 0.717) is 13.0 Å². The van der Waals surface area contributed by atoms with Gasteiger partial charge < -0.3 is 5.73 Å². The number of hydrogen-bond donors (Lipinski definition) is 1. The number of benzene rings is 1. The van der Waals surface area contributed by atoms with Gasteiger partial charge in [-0.25, -0.2) is 9.07 Å². The van der Waals surface area contributed by atoms with Crippen molar-refractivity contribution in [1.82, 2.24) is 15.0 Å². The van der Waals surface area contributed by atoms with Gasteiger partial charge in [-0.3, -0.25) is 0 Å². The summed E-state index contributed by atoms with van der Waals surface area (Å²) < 4.78 is 15.3. The van der Waals surface area contributed by atoms with E-state index in [9.17, 15) is 4.39 Å². The lowest BCUT2D eigenvalue weighted by Crippen LogP contribution is -2.02. The molecule has 0 unspecified atom stereocenters. The van der Waals surface area contributed by atoms with Crippen molar-refractivity contribution >= 4 is 22.6 Å². The summed E-state index contributed by atoms with van der Waals surface area (Å²) in [7, 11) is 0. The molecule has 0 spiro atoms. The first-order valence-electron chi connectivity index (χ1n) is 4.77. The summed E-state index contributed by atoms with van der Waals surface area (Å²) in [5.74, 6) is -0.254. The van der Waals surface area contributed by atoms with Crippen LogP contribution in [-0.4, -0.2) is 21.5 Å². The number of nitrogens with zero attached hydrogens (tertiary/aromatic N) is 3. The summed E-state index contributed by atoms with van der Waals surface area (Å²) in [6.45, 7) is 0.541. The lowest BCUT2D eigenvalue weighted by atomic mass is 10.3. The minimum Gasteiger partial charge on any atom is -0.330 e. The van der Waals surface area contributed by atoms with Crippen molar-refractivity contribution in [3.8, 4) is 5.69 Å². The third kappa shape index (κ3) is 2.38. The highest BCUT2D eigenvalue weighted by atomic mass is 127. The molecule has 1 aromatic carbocycles. The van der Waals surface area contributed by atoms with Crippen molar-refractivity contribution < 1.29 is 4.39 Å². The van der Waals surface area contributed by atoms with Gasteiger partial charge in [0.15, 0.2) is 0 Å². The number of rotatable bonds is 3. The van der Waals surface area contributed by atoms with Crippen LogP contribution in [0.3, 0.4) is 0 Å². The Hall–Kier alpha value is -1.02. The van der Waals surface area contributed by atoms with Crippen LogP contribution in [-0.2, 0) is 6.42 Å². The molecule has 2 aromatic rings. The molecule has 2 N–H and O–H groups in total. The average molecular weight is 332 g/mol. The second kappa shape index (κ2) is 4.88. The summed E-state index contributed by atoms with van der Waals surface area (Å²) in [5, 5.41) is 7.96. The molecule has 0 saturated carbocycles. The van der Waals surface area contributed by atoms with Crippen LogP contribution in [0.1, 0.15) is 5.69 Å². The first kappa shape index (κ1) is 11.5. The summed E-state index contributed by atoms with van der Waals surface area (Å²) in [6.07, 6.45) is 2.50. The zero-order chi connectivity index (χ0) is 11.5. The highest BCUT2D eigenvalue weighted by molar-refractivity contribution is 14.1. The topological polar surface area (TPSA) is 56.7 Å². The SMILES string of the molecule is NCCc1cn(-c2ccc(F)cc2I)nn1. The fraction of sp³-hybridized carbons (Fsp3) is 0.200. The van der Waals surface area contributed by atoms with E-state index in [0.717, 1.165) is 15.0 Å². The molecule has 4 nitrogen and oxygen atoms in total. The highest BCUT2D eigenvalue weighted by Gasteiger charge is 2.06. The zero-order valence-electron chi connectivity index (χ0n) is 8.40. The number of hydrogen-bond acceptors (Lipinski definition) is 3. The minimum absolute atomic E-state index is 0.254. The molecule has 1 heterocycles. The van der Waals surface area contributed by atoms with Crippen molar-refractivity contribution in [1.29, 1.82) is 0 Å². The monoisotopic (exact) mass is 332 g/mol. The molecule has 0 aliphatic heterocycles.